The van der Waals surface area contributed by atoms with E-state index in [0.717, 1.165) is 0 Å². The van der Waals surface area contributed by atoms with Crippen LogP contribution >= 0.6 is 0 Å². The molecule has 8 atom stereocenters. The van der Waals surface area contributed by atoms with Crippen molar-refractivity contribution in [1.29, 1.82) is 0 Å². The van der Waals surface area contributed by atoms with E-state index in [1.807, 2.05) is 62.3 Å². The van der Waals surface area contributed by atoms with Crippen LogP contribution in [0, 0.1) is 0 Å². The second kappa shape index (κ2) is 21.7. The van der Waals surface area contributed by atoms with Gasteiger partial charge in [0.25, 0.3) is 0 Å². The summed E-state index contributed by atoms with van der Waals surface area (Å²) in [6, 6.07) is 0. The molecule has 0 rings (SSSR count). The Bertz CT molecular complexity index is 468. The number of aliphatic hydroxyl groups excluding tert-OH is 1. The minimum Gasteiger partial charge on any atom is -0.394 e. The third-order valence-electron chi connectivity index (χ3n) is 5.02. The summed E-state index contributed by atoms with van der Waals surface area (Å²) < 4.78 is 45.8. The Labute approximate surface area is 214 Å². The Morgan fingerprint density at radius 1 is 0.371 bits per heavy atom. The molecule has 0 saturated heterocycles. The van der Waals surface area contributed by atoms with E-state index < -0.39 is 0 Å². The van der Waals surface area contributed by atoms with Crippen molar-refractivity contribution in [2.75, 3.05) is 59.5 Å². The van der Waals surface area contributed by atoms with Crippen LogP contribution in [0.15, 0.2) is 0 Å². The van der Waals surface area contributed by atoms with Crippen molar-refractivity contribution in [3.63, 3.8) is 0 Å². The molecule has 0 bridgehead atoms. The Hall–Kier alpha value is -0.360. The average molecular weight is 511 g/mol. The molecule has 0 aliphatic carbocycles. The van der Waals surface area contributed by atoms with E-state index in [1.165, 1.54) is 0 Å². The van der Waals surface area contributed by atoms with Gasteiger partial charge in [0.05, 0.1) is 102 Å². The van der Waals surface area contributed by atoms with Gasteiger partial charge in [-0.1, -0.05) is 0 Å². The summed E-state index contributed by atoms with van der Waals surface area (Å²) in [6.07, 6.45) is -0.350. The van der Waals surface area contributed by atoms with E-state index in [9.17, 15) is 0 Å². The molecular weight excluding hydrogens is 456 g/mol. The molecule has 0 heterocycles. The third kappa shape index (κ3) is 21.4. The van der Waals surface area contributed by atoms with Gasteiger partial charge in [-0.2, -0.15) is 0 Å². The zero-order valence-corrected chi connectivity index (χ0v) is 23.7. The standard InChI is InChI=1S/C26H54O9/c1-10-28-20(3)12-30-22(5)14-32-24(7)16-34-26(9)18-35-25(8)17-33-23(6)15-31-21(4)13-29-19(2)11-27/h19-27H,10-18H2,1-9H3. The summed E-state index contributed by atoms with van der Waals surface area (Å²) in [6.45, 7) is 21.8. The van der Waals surface area contributed by atoms with Gasteiger partial charge in [0.2, 0.25) is 0 Å². The second-order valence-electron chi connectivity index (χ2n) is 9.46. The Balaban J connectivity index is 3.83. The van der Waals surface area contributed by atoms with Crippen molar-refractivity contribution in [3.05, 3.63) is 0 Å². The molecule has 0 aromatic heterocycles. The van der Waals surface area contributed by atoms with E-state index in [-0.39, 0.29) is 55.4 Å². The third-order valence-corrected chi connectivity index (χ3v) is 5.02. The van der Waals surface area contributed by atoms with Gasteiger partial charge in [-0.3, -0.25) is 0 Å². The van der Waals surface area contributed by atoms with Crippen LogP contribution in [0.2, 0.25) is 0 Å². The molecule has 9 heteroatoms. The molecule has 9 nitrogen and oxygen atoms in total. The van der Waals surface area contributed by atoms with E-state index in [1.54, 1.807) is 0 Å². The first-order valence-corrected chi connectivity index (χ1v) is 13.1. The van der Waals surface area contributed by atoms with Gasteiger partial charge in [0.15, 0.2) is 0 Å². The quantitative estimate of drug-likeness (QED) is 0.210. The fourth-order valence-corrected chi connectivity index (χ4v) is 2.77. The molecule has 212 valence electrons. The van der Waals surface area contributed by atoms with Gasteiger partial charge in [-0.15, -0.1) is 0 Å². The lowest BCUT2D eigenvalue weighted by atomic mass is 10.3. The SMILES string of the molecule is CCOC(C)COC(C)COC(C)COC(C)COC(C)COC(C)COC(C)COC(C)CO. The van der Waals surface area contributed by atoms with Crippen LogP contribution < -0.4 is 0 Å². The summed E-state index contributed by atoms with van der Waals surface area (Å²) >= 11 is 0. The maximum absolute atomic E-state index is 8.98. The molecule has 0 fully saturated rings. The zero-order chi connectivity index (χ0) is 26.6. The molecule has 35 heavy (non-hydrogen) atoms. The van der Waals surface area contributed by atoms with Gasteiger partial charge in [0.1, 0.15) is 0 Å². The van der Waals surface area contributed by atoms with Crippen LogP contribution in [0.5, 0.6) is 0 Å². The Kier molecular flexibility index (Phi) is 21.5. The molecule has 0 spiro atoms. The number of ether oxygens (including phenoxy) is 8. The lowest BCUT2D eigenvalue weighted by Crippen LogP contribution is -2.30. The van der Waals surface area contributed by atoms with Gasteiger partial charge >= 0.3 is 0 Å². The molecule has 0 aromatic carbocycles. The lowest BCUT2D eigenvalue weighted by molar-refractivity contribution is -0.109. The van der Waals surface area contributed by atoms with E-state index in [4.69, 9.17) is 43.0 Å². The fraction of sp³-hybridized carbons (Fsp3) is 1.00. The first kappa shape index (κ1) is 34.6. The summed E-state index contributed by atoms with van der Waals surface area (Å²) in [5.74, 6) is 0. The second-order valence-corrected chi connectivity index (χ2v) is 9.46. The normalized spacial score (nSPS) is 19.0. The highest BCUT2D eigenvalue weighted by molar-refractivity contribution is 4.59. The van der Waals surface area contributed by atoms with Crippen molar-refractivity contribution in [2.45, 2.75) is 111 Å². The molecule has 8 unspecified atom stereocenters. The summed E-state index contributed by atoms with van der Waals surface area (Å²) in [7, 11) is 0. The summed E-state index contributed by atoms with van der Waals surface area (Å²) in [4.78, 5) is 0. The highest BCUT2D eigenvalue weighted by atomic mass is 16.6. The average Bonchev–Trinajstić information content (AvgIpc) is 2.84. The van der Waals surface area contributed by atoms with E-state index >= 15 is 0 Å². The molecule has 0 aliphatic heterocycles. The van der Waals surface area contributed by atoms with E-state index in [2.05, 4.69) is 0 Å². The maximum atomic E-state index is 8.98. The molecule has 0 aromatic rings. The van der Waals surface area contributed by atoms with Gasteiger partial charge < -0.3 is 43.0 Å². The van der Waals surface area contributed by atoms with Gasteiger partial charge in [-0.05, 0) is 62.3 Å². The lowest BCUT2D eigenvalue weighted by Gasteiger charge is -2.23. The number of aliphatic hydroxyl groups is 1. The smallest absolute Gasteiger partial charge is 0.0781 e. The van der Waals surface area contributed by atoms with Crippen molar-refractivity contribution in [1.82, 2.24) is 0 Å². The summed E-state index contributed by atoms with van der Waals surface area (Å²) in [5, 5.41) is 8.98. The molecule has 0 radical (unpaired) electrons. The highest BCUT2D eigenvalue weighted by Gasteiger charge is 2.14. The van der Waals surface area contributed by atoms with Crippen molar-refractivity contribution in [3.8, 4) is 0 Å². The van der Waals surface area contributed by atoms with Crippen LogP contribution in [0.3, 0.4) is 0 Å². The Morgan fingerprint density at radius 2 is 0.571 bits per heavy atom. The predicted octanol–water partition coefficient (Wildman–Crippen LogP) is 3.24. The largest absolute Gasteiger partial charge is 0.394 e. The van der Waals surface area contributed by atoms with Crippen molar-refractivity contribution >= 4 is 0 Å². The fourth-order valence-electron chi connectivity index (χ4n) is 2.77. The summed E-state index contributed by atoms with van der Waals surface area (Å²) in [5.41, 5.74) is 0. The first-order chi connectivity index (χ1) is 16.6. The Morgan fingerprint density at radius 3 is 0.771 bits per heavy atom. The highest BCUT2D eigenvalue weighted by Crippen LogP contribution is 2.05. The molecule has 0 saturated carbocycles. The zero-order valence-electron chi connectivity index (χ0n) is 23.7. The topological polar surface area (TPSA) is 94.1 Å². The first-order valence-electron chi connectivity index (χ1n) is 13.1. The van der Waals surface area contributed by atoms with Gasteiger partial charge in [0, 0.05) is 6.61 Å². The van der Waals surface area contributed by atoms with E-state index in [0.29, 0.717) is 52.9 Å². The van der Waals surface area contributed by atoms with Crippen LogP contribution in [-0.4, -0.2) is 113 Å². The predicted molar refractivity (Wildman–Crippen MR) is 136 cm³/mol. The minimum absolute atomic E-state index is 0.00117. The van der Waals surface area contributed by atoms with Crippen molar-refractivity contribution < 1.29 is 43.0 Å². The minimum atomic E-state index is -0.182. The van der Waals surface area contributed by atoms with Crippen LogP contribution in [0.4, 0.5) is 0 Å². The van der Waals surface area contributed by atoms with Crippen molar-refractivity contribution in [2.24, 2.45) is 0 Å². The van der Waals surface area contributed by atoms with Crippen LogP contribution in [0.25, 0.3) is 0 Å². The monoisotopic (exact) mass is 510 g/mol. The molecule has 0 aliphatic rings. The van der Waals surface area contributed by atoms with Gasteiger partial charge in [-0.25, -0.2) is 0 Å². The molecular formula is C26H54O9. The molecule has 0 amide bonds. The number of hydrogen-bond donors (Lipinski definition) is 1. The maximum Gasteiger partial charge on any atom is 0.0781 e. The van der Waals surface area contributed by atoms with Crippen LogP contribution in [0.1, 0.15) is 62.3 Å². The number of hydrogen-bond acceptors (Lipinski definition) is 9. The number of rotatable bonds is 24. The molecule has 1 N–H and O–H groups in total. The van der Waals surface area contributed by atoms with Crippen LogP contribution in [-0.2, 0) is 37.9 Å².